The molecule has 0 heterocycles. The van der Waals surface area contributed by atoms with Gasteiger partial charge in [0.05, 0.1) is 0 Å². The minimum atomic E-state index is 0. The van der Waals surface area contributed by atoms with E-state index in [1.807, 2.05) is 0 Å². The van der Waals surface area contributed by atoms with Crippen molar-refractivity contribution < 1.29 is 0 Å². The van der Waals surface area contributed by atoms with Crippen LogP contribution in [0.25, 0.3) is 10.8 Å². The summed E-state index contributed by atoms with van der Waals surface area (Å²) in [6, 6.07) is 14.8. The first kappa shape index (κ1) is 12.9. The molecule has 0 aliphatic carbocycles. The molecular formula is C11H10Li2. The molecule has 2 rings (SSSR count). The molecule has 13 heavy (non-hydrogen) atoms. The standard InChI is InChI=1S/C11H10.2Li/c1-9-5-4-7-10-6-2-3-8-11(9)10;;/h2-8H,1H3;;. The topological polar surface area (TPSA) is 0 Å². The van der Waals surface area contributed by atoms with Gasteiger partial charge in [-0.15, -0.1) is 0 Å². The van der Waals surface area contributed by atoms with Crippen molar-refractivity contribution in [2.24, 2.45) is 0 Å². The molecule has 0 spiro atoms. The first-order valence-corrected chi connectivity index (χ1v) is 3.82. The summed E-state index contributed by atoms with van der Waals surface area (Å²) in [6.45, 7) is 2.14. The molecule has 0 atom stereocenters. The van der Waals surface area contributed by atoms with Gasteiger partial charge in [0.2, 0.25) is 0 Å². The van der Waals surface area contributed by atoms with Gasteiger partial charge in [-0.3, -0.25) is 0 Å². The van der Waals surface area contributed by atoms with Crippen molar-refractivity contribution in [3.63, 3.8) is 0 Å². The van der Waals surface area contributed by atoms with Crippen LogP contribution in [-0.2, 0) is 0 Å². The predicted molar refractivity (Wildman–Crippen MR) is 60.2 cm³/mol. The van der Waals surface area contributed by atoms with Crippen LogP contribution in [0, 0.1) is 6.92 Å². The van der Waals surface area contributed by atoms with Crippen molar-refractivity contribution in [1.82, 2.24) is 0 Å². The van der Waals surface area contributed by atoms with Crippen LogP contribution in [0.2, 0.25) is 0 Å². The number of hydrogen-bond donors (Lipinski definition) is 0. The summed E-state index contributed by atoms with van der Waals surface area (Å²) in [5, 5.41) is 2.68. The largest absolute Gasteiger partial charge is 0.0616 e. The van der Waals surface area contributed by atoms with Gasteiger partial charge in [0.15, 0.2) is 0 Å². The fourth-order valence-electron chi connectivity index (χ4n) is 1.39. The van der Waals surface area contributed by atoms with E-state index >= 15 is 0 Å². The molecular weight excluding hydrogens is 146 g/mol. The summed E-state index contributed by atoms with van der Waals surface area (Å²) in [6.07, 6.45) is 0. The van der Waals surface area contributed by atoms with Crippen LogP contribution in [0.4, 0.5) is 0 Å². The summed E-state index contributed by atoms with van der Waals surface area (Å²) in [4.78, 5) is 0. The van der Waals surface area contributed by atoms with Crippen molar-refractivity contribution in [2.75, 3.05) is 0 Å². The number of rotatable bonds is 0. The maximum absolute atomic E-state index is 2.16. The Labute approximate surface area is 103 Å². The van der Waals surface area contributed by atoms with Gasteiger partial charge < -0.3 is 0 Å². The molecule has 0 unspecified atom stereocenters. The maximum Gasteiger partial charge on any atom is 0 e. The fourth-order valence-corrected chi connectivity index (χ4v) is 1.39. The molecule has 0 aliphatic rings. The van der Waals surface area contributed by atoms with Crippen molar-refractivity contribution in [1.29, 1.82) is 0 Å². The predicted octanol–water partition coefficient (Wildman–Crippen LogP) is 2.39. The maximum atomic E-state index is 2.16. The molecule has 2 radical (unpaired) electrons. The second-order valence-corrected chi connectivity index (χ2v) is 2.80. The fraction of sp³-hybridized carbons (Fsp3) is 0.0909. The Balaban J connectivity index is 0.000000720. The SMILES string of the molecule is Cc1cccc2ccccc12.[Li].[Li]. The summed E-state index contributed by atoms with van der Waals surface area (Å²) in [7, 11) is 0. The van der Waals surface area contributed by atoms with E-state index in [0.29, 0.717) is 0 Å². The molecule has 0 bridgehead atoms. The number of aryl methyl sites for hydroxylation is 1. The van der Waals surface area contributed by atoms with E-state index in [-0.39, 0.29) is 37.7 Å². The minimum Gasteiger partial charge on any atom is -0.0616 e. The first-order valence-electron chi connectivity index (χ1n) is 3.82. The minimum absolute atomic E-state index is 0. The second kappa shape index (κ2) is 5.59. The van der Waals surface area contributed by atoms with E-state index < -0.39 is 0 Å². The summed E-state index contributed by atoms with van der Waals surface area (Å²) >= 11 is 0. The van der Waals surface area contributed by atoms with Gasteiger partial charge >= 0.3 is 0 Å². The van der Waals surface area contributed by atoms with Crippen LogP contribution in [-0.4, -0.2) is 37.7 Å². The van der Waals surface area contributed by atoms with Gasteiger partial charge in [0, 0.05) is 37.7 Å². The van der Waals surface area contributed by atoms with Crippen LogP contribution >= 0.6 is 0 Å². The smallest absolute Gasteiger partial charge is 0 e. The molecule has 0 aliphatic heterocycles. The van der Waals surface area contributed by atoms with Crippen LogP contribution in [0.15, 0.2) is 42.5 Å². The molecule has 0 fully saturated rings. The van der Waals surface area contributed by atoms with Crippen LogP contribution < -0.4 is 0 Å². The number of hydrogen-bond acceptors (Lipinski definition) is 0. The number of benzene rings is 2. The van der Waals surface area contributed by atoms with E-state index in [2.05, 4.69) is 49.4 Å². The number of fused-ring (bicyclic) bond motifs is 1. The zero-order valence-electron chi connectivity index (χ0n) is 8.54. The summed E-state index contributed by atoms with van der Waals surface area (Å²) in [5.74, 6) is 0. The third-order valence-electron chi connectivity index (χ3n) is 2.01. The Morgan fingerprint density at radius 3 is 2.08 bits per heavy atom. The normalized spacial score (nSPS) is 8.69. The molecule has 2 aromatic rings. The van der Waals surface area contributed by atoms with Gasteiger partial charge in [0.25, 0.3) is 0 Å². The van der Waals surface area contributed by atoms with E-state index in [0.717, 1.165) is 0 Å². The molecule has 0 saturated carbocycles. The Bertz CT molecular complexity index is 377. The molecule has 0 nitrogen and oxygen atoms in total. The van der Waals surface area contributed by atoms with Crippen molar-refractivity contribution >= 4 is 48.5 Å². The third-order valence-corrected chi connectivity index (χ3v) is 2.01. The Morgan fingerprint density at radius 1 is 0.769 bits per heavy atom. The van der Waals surface area contributed by atoms with Gasteiger partial charge in [-0.25, -0.2) is 0 Å². The zero-order chi connectivity index (χ0) is 7.68. The summed E-state index contributed by atoms with van der Waals surface area (Å²) in [5.41, 5.74) is 1.35. The van der Waals surface area contributed by atoms with Crippen LogP contribution in [0.3, 0.4) is 0 Å². The Morgan fingerprint density at radius 2 is 1.38 bits per heavy atom. The van der Waals surface area contributed by atoms with Gasteiger partial charge in [0.1, 0.15) is 0 Å². The zero-order valence-corrected chi connectivity index (χ0v) is 8.54. The van der Waals surface area contributed by atoms with E-state index in [1.165, 1.54) is 16.3 Å². The van der Waals surface area contributed by atoms with Crippen molar-refractivity contribution in [3.05, 3.63) is 48.0 Å². The molecule has 2 heteroatoms. The van der Waals surface area contributed by atoms with E-state index in [4.69, 9.17) is 0 Å². The van der Waals surface area contributed by atoms with Gasteiger partial charge in [-0.2, -0.15) is 0 Å². The molecule has 56 valence electrons. The first-order chi connectivity index (χ1) is 5.38. The van der Waals surface area contributed by atoms with Gasteiger partial charge in [-0.05, 0) is 23.3 Å². The monoisotopic (exact) mass is 156 g/mol. The van der Waals surface area contributed by atoms with Crippen LogP contribution in [0.1, 0.15) is 5.56 Å². The molecule has 0 saturated heterocycles. The van der Waals surface area contributed by atoms with E-state index in [9.17, 15) is 0 Å². The molecule has 2 aromatic carbocycles. The van der Waals surface area contributed by atoms with Gasteiger partial charge in [-0.1, -0.05) is 42.5 Å². The average molecular weight is 156 g/mol. The molecule has 0 aromatic heterocycles. The van der Waals surface area contributed by atoms with Crippen molar-refractivity contribution in [3.8, 4) is 0 Å². The molecule has 0 N–H and O–H groups in total. The quantitative estimate of drug-likeness (QED) is 0.513. The summed E-state index contributed by atoms with van der Waals surface area (Å²) < 4.78 is 0. The average Bonchev–Trinajstić information content (AvgIpc) is 2.06. The van der Waals surface area contributed by atoms with Crippen molar-refractivity contribution in [2.45, 2.75) is 6.92 Å². The third kappa shape index (κ3) is 2.67. The Hall–Kier alpha value is -0.105. The van der Waals surface area contributed by atoms with Crippen LogP contribution in [0.5, 0.6) is 0 Å². The Kier molecular flexibility index (Phi) is 5.54. The van der Waals surface area contributed by atoms with E-state index in [1.54, 1.807) is 0 Å². The second-order valence-electron chi connectivity index (χ2n) is 2.80. The molecule has 0 amide bonds.